The van der Waals surface area contributed by atoms with E-state index in [0.717, 1.165) is 0 Å². The highest BCUT2D eigenvalue weighted by molar-refractivity contribution is 5.98. The minimum Gasteiger partial charge on any atom is -0.466 e. The van der Waals surface area contributed by atoms with Gasteiger partial charge < -0.3 is 10.1 Å². The molecule has 0 saturated carbocycles. The van der Waals surface area contributed by atoms with E-state index in [1.807, 2.05) is 0 Å². The van der Waals surface area contributed by atoms with Crippen LogP contribution in [0.4, 0.5) is 0 Å². The van der Waals surface area contributed by atoms with Crippen LogP contribution in [0.3, 0.4) is 0 Å². The van der Waals surface area contributed by atoms with E-state index in [1.54, 1.807) is 20.9 Å². The van der Waals surface area contributed by atoms with Gasteiger partial charge in [-0.05, 0) is 20.9 Å². The lowest BCUT2D eigenvalue weighted by molar-refractivity contribution is -0.145. The molecule has 4 heteroatoms. The number of ketones is 1. The number of carbonyl (C=O) groups is 2. The molecule has 12 heavy (non-hydrogen) atoms. The zero-order valence-corrected chi connectivity index (χ0v) is 7.72. The fraction of sp³-hybridized carbons (Fsp3) is 0.750. The third kappa shape index (κ3) is 4.08. The Balaban J connectivity index is 3.76. The molecule has 0 radical (unpaired) electrons. The SMILES string of the molecule is CCOC(=O)CC(=O)C(C)NC. The van der Waals surface area contributed by atoms with Crippen molar-refractivity contribution in [1.82, 2.24) is 5.32 Å². The van der Waals surface area contributed by atoms with E-state index >= 15 is 0 Å². The molecule has 1 atom stereocenters. The normalized spacial score (nSPS) is 12.2. The van der Waals surface area contributed by atoms with Gasteiger partial charge in [0.15, 0.2) is 5.78 Å². The number of Topliss-reactive ketones (excluding diaryl/α,β-unsaturated/α-hetero) is 1. The molecule has 4 nitrogen and oxygen atoms in total. The molecule has 70 valence electrons. The Hall–Kier alpha value is -0.900. The Morgan fingerprint density at radius 2 is 2.08 bits per heavy atom. The Morgan fingerprint density at radius 1 is 1.50 bits per heavy atom. The summed E-state index contributed by atoms with van der Waals surface area (Å²) in [6.45, 7) is 3.74. The van der Waals surface area contributed by atoms with Crippen LogP contribution < -0.4 is 5.32 Å². The molecule has 0 rings (SSSR count). The van der Waals surface area contributed by atoms with Crippen LogP contribution in [0.2, 0.25) is 0 Å². The maximum absolute atomic E-state index is 11.1. The van der Waals surface area contributed by atoms with Crippen molar-refractivity contribution in [3.8, 4) is 0 Å². The van der Waals surface area contributed by atoms with Gasteiger partial charge in [0.25, 0.3) is 0 Å². The first-order valence-corrected chi connectivity index (χ1v) is 3.97. The molecule has 0 aliphatic rings. The molecule has 0 aliphatic carbocycles. The number of carbonyl (C=O) groups excluding carboxylic acids is 2. The Bertz CT molecular complexity index is 168. The second-order valence-electron chi connectivity index (χ2n) is 2.46. The lowest BCUT2D eigenvalue weighted by atomic mass is 10.1. The zero-order valence-electron chi connectivity index (χ0n) is 7.72. The van der Waals surface area contributed by atoms with Gasteiger partial charge in [0.1, 0.15) is 6.42 Å². The number of nitrogens with one attached hydrogen (secondary N) is 1. The van der Waals surface area contributed by atoms with E-state index in [4.69, 9.17) is 0 Å². The van der Waals surface area contributed by atoms with Crippen LogP contribution in [0.25, 0.3) is 0 Å². The number of rotatable bonds is 5. The second kappa shape index (κ2) is 5.71. The van der Waals surface area contributed by atoms with Gasteiger partial charge in [-0.25, -0.2) is 0 Å². The molecule has 0 heterocycles. The average Bonchev–Trinajstić information content (AvgIpc) is 2.03. The molecule has 0 spiro atoms. The summed E-state index contributed by atoms with van der Waals surface area (Å²) in [5, 5.41) is 2.75. The molecular weight excluding hydrogens is 158 g/mol. The van der Waals surface area contributed by atoms with Crippen LogP contribution in [-0.4, -0.2) is 31.4 Å². The molecule has 0 saturated heterocycles. The van der Waals surface area contributed by atoms with Crippen LogP contribution in [0.1, 0.15) is 20.3 Å². The highest BCUT2D eigenvalue weighted by Crippen LogP contribution is 1.93. The lowest BCUT2D eigenvalue weighted by Crippen LogP contribution is -2.32. The Kier molecular flexibility index (Phi) is 5.28. The van der Waals surface area contributed by atoms with Gasteiger partial charge in [-0.3, -0.25) is 9.59 Å². The highest BCUT2D eigenvalue weighted by atomic mass is 16.5. The van der Waals surface area contributed by atoms with Crippen molar-refractivity contribution < 1.29 is 14.3 Å². The third-order valence-electron chi connectivity index (χ3n) is 1.54. The smallest absolute Gasteiger partial charge is 0.313 e. The van der Waals surface area contributed by atoms with E-state index < -0.39 is 5.97 Å². The van der Waals surface area contributed by atoms with Gasteiger partial charge in [-0.2, -0.15) is 0 Å². The predicted molar refractivity (Wildman–Crippen MR) is 44.8 cm³/mol. The summed E-state index contributed by atoms with van der Waals surface area (Å²) >= 11 is 0. The van der Waals surface area contributed by atoms with Crippen molar-refractivity contribution in [1.29, 1.82) is 0 Å². The van der Waals surface area contributed by atoms with E-state index in [1.165, 1.54) is 0 Å². The fourth-order valence-electron chi connectivity index (χ4n) is 0.668. The van der Waals surface area contributed by atoms with Crippen LogP contribution >= 0.6 is 0 Å². The van der Waals surface area contributed by atoms with Crippen molar-refractivity contribution in [2.24, 2.45) is 0 Å². The molecule has 1 N–H and O–H groups in total. The minimum atomic E-state index is -0.454. The Morgan fingerprint density at radius 3 is 2.50 bits per heavy atom. The van der Waals surface area contributed by atoms with Gasteiger partial charge in [-0.15, -0.1) is 0 Å². The molecule has 0 aromatic carbocycles. The van der Waals surface area contributed by atoms with E-state index in [9.17, 15) is 9.59 Å². The number of hydrogen-bond acceptors (Lipinski definition) is 4. The number of likely N-dealkylation sites (N-methyl/N-ethyl adjacent to an activating group) is 1. The Labute approximate surface area is 72.3 Å². The lowest BCUT2D eigenvalue weighted by Gasteiger charge is -2.07. The topological polar surface area (TPSA) is 55.4 Å². The van der Waals surface area contributed by atoms with E-state index in [0.29, 0.717) is 6.61 Å². The molecule has 0 bridgehead atoms. The number of esters is 1. The highest BCUT2D eigenvalue weighted by Gasteiger charge is 2.15. The molecular formula is C8H15NO3. The van der Waals surface area contributed by atoms with E-state index in [-0.39, 0.29) is 18.2 Å². The van der Waals surface area contributed by atoms with Crippen LogP contribution in [0.5, 0.6) is 0 Å². The summed E-state index contributed by atoms with van der Waals surface area (Å²) in [6, 6.07) is -0.283. The van der Waals surface area contributed by atoms with Crippen molar-refractivity contribution >= 4 is 11.8 Å². The van der Waals surface area contributed by atoms with Gasteiger partial charge in [0, 0.05) is 0 Å². The fourth-order valence-corrected chi connectivity index (χ4v) is 0.668. The monoisotopic (exact) mass is 173 g/mol. The summed E-state index contributed by atoms with van der Waals surface area (Å²) in [7, 11) is 1.67. The van der Waals surface area contributed by atoms with Crippen molar-refractivity contribution in [2.45, 2.75) is 26.3 Å². The van der Waals surface area contributed by atoms with Gasteiger partial charge in [0.2, 0.25) is 0 Å². The predicted octanol–water partition coefficient (Wildman–Crippen LogP) is 0.117. The largest absolute Gasteiger partial charge is 0.466 e. The second-order valence-corrected chi connectivity index (χ2v) is 2.46. The average molecular weight is 173 g/mol. The molecule has 0 amide bonds. The maximum Gasteiger partial charge on any atom is 0.313 e. The molecule has 0 aliphatic heterocycles. The summed E-state index contributed by atoms with van der Waals surface area (Å²) in [6.07, 6.45) is -0.143. The van der Waals surface area contributed by atoms with Crippen molar-refractivity contribution in [3.63, 3.8) is 0 Å². The van der Waals surface area contributed by atoms with Gasteiger partial charge in [-0.1, -0.05) is 0 Å². The van der Waals surface area contributed by atoms with Crippen LogP contribution in [0, 0.1) is 0 Å². The quantitative estimate of drug-likeness (QED) is 0.474. The van der Waals surface area contributed by atoms with Crippen LogP contribution in [0.15, 0.2) is 0 Å². The van der Waals surface area contributed by atoms with Crippen LogP contribution in [-0.2, 0) is 14.3 Å². The summed E-state index contributed by atoms with van der Waals surface area (Å²) in [5.41, 5.74) is 0. The van der Waals surface area contributed by atoms with Crippen molar-refractivity contribution in [3.05, 3.63) is 0 Å². The standard InChI is InChI=1S/C8H15NO3/c1-4-12-8(11)5-7(10)6(2)9-3/h6,9H,4-5H2,1-3H3. The number of hydrogen-bond donors (Lipinski definition) is 1. The maximum atomic E-state index is 11.1. The summed E-state index contributed by atoms with van der Waals surface area (Å²) < 4.78 is 4.62. The third-order valence-corrected chi connectivity index (χ3v) is 1.54. The van der Waals surface area contributed by atoms with Gasteiger partial charge in [0.05, 0.1) is 12.6 Å². The first-order chi connectivity index (χ1) is 5.61. The summed E-state index contributed by atoms with van der Waals surface area (Å²) in [4.78, 5) is 21.9. The molecule has 0 aromatic heterocycles. The number of ether oxygens (including phenoxy) is 1. The minimum absolute atomic E-state index is 0.143. The zero-order chi connectivity index (χ0) is 9.56. The van der Waals surface area contributed by atoms with Crippen molar-refractivity contribution in [2.75, 3.05) is 13.7 Å². The summed E-state index contributed by atoms with van der Waals surface area (Å²) in [5.74, 6) is -0.597. The van der Waals surface area contributed by atoms with E-state index in [2.05, 4.69) is 10.1 Å². The first kappa shape index (κ1) is 11.1. The van der Waals surface area contributed by atoms with Gasteiger partial charge >= 0.3 is 5.97 Å². The first-order valence-electron chi connectivity index (χ1n) is 3.97. The molecule has 1 unspecified atom stereocenters. The molecule has 0 fully saturated rings. The molecule has 0 aromatic rings.